The van der Waals surface area contributed by atoms with Gasteiger partial charge in [-0.05, 0) is 24.3 Å². The Hall–Kier alpha value is -2.48. The molecule has 2 aromatic heterocycles. The average Bonchev–Trinajstić information content (AvgIpc) is 3.05. The lowest BCUT2D eigenvalue weighted by Crippen LogP contribution is -2.39. The Morgan fingerprint density at radius 3 is 3.00 bits per heavy atom. The van der Waals surface area contributed by atoms with Crippen molar-refractivity contribution in [2.45, 2.75) is 12.5 Å². The molecule has 0 saturated carbocycles. The fraction of sp³-hybridized carbons (Fsp3) is 0.300. The van der Waals surface area contributed by atoms with Crippen molar-refractivity contribution in [3.8, 4) is 11.3 Å². The monoisotopic (exact) mass is 403 g/mol. The molecule has 1 N–H and O–H groups in total. The van der Waals surface area contributed by atoms with E-state index < -0.39 is 11.8 Å². The minimum atomic E-state index is -0.589. The normalized spacial score (nSPS) is 17.0. The predicted octanol–water partition coefficient (Wildman–Crippen LogP) is 3.11. The Morgan fingerprint density at radius 2 is 2.29 bits per heavy atom. The first-order valence-electron chi connectivity index (χ1n) is 8.94. The summed E-state index contributed by atoms with van der Waals surface area (Å²) in [5.41, 5.74) is 2.41. The van der Waals surface area contributed by atoms with Crippen LogP contribution in [0.3, 0.4) is 0 Å². The van der Waals surface area contributed by atoms with Crippen LogP contribution >= 0.6 is 11.6 Å². The summed E-state index contributed by atoms with van der Waals surface area (Å²) in [6.07, 6.45) is 2.34. The minimum absolute atomic E-state index is 0.0412. The summed E-state index contributed by atoms with van der Waals surface area (Å²) >= 11 is 6.11. The minimum Gasteiger partial charge on any atom is -0.465 e. The Morgan fingerprint density at radius 1 is 1.43 bits per heavy atom. The van der Waals surface area contributed by atoms with Crippen LogP contribution in [0.5, 0.6) is 0 Å². The molecule has 3 aromatic rings. The molecule has 0 spiro atoms. The number of fused-ring (bicyclic) bond motifs is 1. The van der Waals surface area contributed by atoms with E-state index in [2.05, 4.69) is 15.0 Å². The Balaban J connectivity index is 1.81. The van der Waals surface area contributed by atoms with Crippen LogP contribution in [0.4, 0.5) is 4.39 Å². The van der Waals surface area contributed by atoms with Gasteiger partial charge in [-0.15, -0.1) is 0 Å². The molecule has 0 aliphatic carbocycles. The van der Waals surface area contributed by atoms with Crippen LogP contribution in [0.25, 0.3) is 16.9 Å². The highest BCUT2D eigenvalue weighted by molar-refractivity contribution is 6.30. The van der Waals surface area contributed by atoms with Gasteiger partial charge in [0.15, 0.2) is 0 Å². The predicted molar refractivity (Wildman–Crippen MR) is 103 cm³/mol. The summed E-state index contributed by atoms with van der Waals surface area (Å²) in [5.74, 6) is -1.13. The van der Waals surface area contributed by atoms with Crippen molar-refractivity contribution in [1.82, 2.24) is 14.7 Å². The topological polar surface area (TPSA) is 64.9 Å². The zero-order chi connectivity index (χ0) is 19.7. The SMILES string of the molecule is COC(=O)c1ccc(-c2nc3cc(Cl)ccn3c2C[C@H]2CNCCO2)c(F)c1. The lowest BCUT2D eigenvalue weighted by molar-refractivity contribution is 0.0286. The Bertz CT molecular complexity index is 1030. The van der Waals surface area contributed by atoms with Crippen LogP contribution in [0.1, 0.15) is 16.1 Å². The van der Waals surface area contributed by atoms with Crippen molar-refractivity contribution in [3.05, 3.63) is 58.6 Å². The summed E-state index contributed by atoms with van der Waals surface area (Å²) in [6.45, 7) is 2.16. The second-order valence-electron chi connectivity index (χ2n) is 6.57. The smallest absolute Gasteiger partial charge is 0.337 e. The molecule has 0 amide bonds. The molecule has 3 heterocycles. The number of methoxy groups -OCH3 is 1. The third-order valence-corrected chi connectivity index (χ3v) is 4.99. The summed E-state index contributed by atoms with van der Waals surface area (Å²) in [5, 5.41) is 3.85. The molecule has 1 fully saturated rings. The molecule has 1 saturated heterocycles. The maximum Gasteiger partial charge on any atom is 0.337 e. The van der Waals surface area contributed by atoms with Crippen molar-refractivity contribution in [3.63, 3.8) is 0 Å². The molecule has 1 atom stereocenters. The van der Waals surface area contributed by atoms with Gasteiger partial charge in [-0.2, -0.15) is 0 Å². The number of nitrogens with zero attached hydrogens (tertiary/aromatic N) is 2. The molecule has 1 aliphatic heterocycles. The first kappa shape index (κ1) is 18.9. The fourth-order valence-electron chi connectivity index (χ4n) is 3.40. The third-order valence-electron chi connectivity index (χ3n) is 4.76. The molecule has 1 aromatic carbocycles. The number of hydrogen-bond donors (Lipinski definition) is 1. The zero-order valence-electron chi connectivity index (χ0n) is 15.2. The number of pyridine rings is 1. The number of rotatable bonds is 4. The lowest BCUT2D eigenvalue weighted by atomic mass is 10.0. The van der Waals surface area contributed by atoms with Gasteiger partial charge in [-0.25, -0.2) is 14.2 Å². The molecule has 0 bridgehead atoms. The molecule has 4 rings (SSSR count). The number of esters is 1. The molecule has 8 heteroatoms. The number of benzene rings is 1. The maximum absolute atomic E-state index is 14.9. The van der Waals surface area contributed by atoms with E-state index in [1.54, 1.807) is 18.2 Å². The highest BCUT2D eigenvalue weighted by atomic mass is 35.5. The Kier molecular flexibility index (Phi) is 5.30. The number of ether oxygens (including phenoxy) is 2. The van der Waals surface area contributed by atoms with Crippen molar-refractivity contribution in [1.29, 1.82) is 0 Å². The second kappa shape index (κ2) is 7.87. The number of halogens is 2. The first-order valence-corrected chi connectivity index (χ1v) is 9.31. The largest absolute Gasteiger partial charge is 0.465 e. The van der Waals surface area contributed by atoms with Gasteiger partial charge in [0.2, 0.25) is 0 Å². The van der Waals surface area contributed by atoms with E-state index in [0.29, 0.717) is 41.5 Å². The number of carbonyl (C=O) groups excluding carboxylic acids is 1. The van der Waals surface area contributed by atoms with E-state index in [1.807, 2.05) is 10.6 Å². The summed E-state index contributed by atoms with van der Waals surface area (Å²) < 4.78 is 27.3. The van der Waals surface area contributed by atoms with Gasteiger partial charge in [0.1, 0.15) is 11.5 Å². The molecular weight excluding hydrogens is 385 g/mol. The number of morpholine rings is 1. The third kappa shape index (κ3) is 3.61. The van der Waals surface area contributed by atoms with Crippen molar-refractivity contribution in [2.75, 3.05) is 26.8 Å². The second-order valence-corrected chi connectivity index (χ2v) is 7.00. The fourth-order valence-corrected chi connectivity index (χ4v) is 3.55. The standard InChI is InChI=1S/C20H19ClFN3O3/c1-27-20(26)12-2-3-15(16(22)8-12)19-17(10-14-11-23-5-7-28-14)25-6-4-13(21)9-18(25)24-19/h2-4,6,8-9,14,23H,5,7,10-11H2,1H3/t14-/m0/s1. The van der Waals surface area contributed by atoms with E-state index >= 15 is 0 Å². The molecule has 0 radical (unpaired) electrons. The van der Waals surface area contributed by atoms with E-state index in [9.17, 15) is 9.18 Å². The van der Waals surface area contributed by atoms with Gasteiger partial charge in [0, 0.05) is 42.4 Å². The quantitative estimate of drug-likeness (QED) is 0.678. The van der Waals surface area contributed by atoms with Crippen molar-refractivity contribution >= 4 is 23.2 Å². The van der Waals surface area contributed by atoms with Crippen molar-refractivity contribution in [2.24, 2.45) is 0 Å². The van der Waals surface area contributed by atoms with Gasteiger partial charge in [0.05, 0.1) is 36.8 Å². The number of carbonyl (C=O) groups is 1. The molecular formula is C20H19ClFN3O3. The highest BCUT2D eigenvalue weighted by Crippen LogP contribution is 2.30. The zero-order valence-corrected chi connectivity index (χ0v) is 16.0. The van der Waals surface area contributed by atoms with Gasteiger partial charge >= 0.3 is 5.97 Å². The van der Waals surface area contributed by atoms with Crippen LogP contribution in [-0.4, -0.2) is 48.3 Å². The molecule has 6 nitrogen and oxygen atoms in total. The first-order chi connectivity index (χ1) is 13.6. The van der Waals surface area contributed by atoms with Crippen LogP contribution in [0.15, 0.2) is 36.5 Å². The number of imidazole rings is 1. The van der Waals surface area contributed by atoms with Gasteiger partial charge in [-0.3, -0.25) is 0 Å². The van der Waals surface area contributed by atoms with Crippen LogP contribution in [-0.2, 0) is 15.9 Å². The van der Waals surface area contributed by atoms with Crippen LogP contribution < -0.4 is 5.32 Å². The van der Waals surface area contributed by atoms with E-state index in [4.69, 9.17) is 16.3 Å². The number of nitrogens with one attached hydrogen (secondary N) is 1. The van der Waals surface area contributed by atoms with E-state index in [0.717, 1.165) is 12.2 Å². The van der Waals surface area contributed by atoms with Crippen LogP contribution in [0.2, 0.25) is 5.02 Å². The van der Waals surface area contributed by atoms with E-state index in [-0.39, 0.29) is 11.7 Å². The van der Waals surface area contributed by atoms with Gasteiger partial charge < -0.3 is 19.2 Å². The molecule has 0 unspecified atom stereocenters. The highest BCUT2D eigenvalue weighted by Gasteiger charge is 2.23. The summed E-state index contributed by atoms with van der Waals surface area (Å²) in [7, 11) is 1.26. The van der Waals surface area contributed by atoms with Crippen molar-refractivity contribution < 1.29 is 18.7 Å². The van der Waals surface area contributed by atoms with E-state index in [1.165, 1.54) is 19.2 Å². The van der Waals surface area contributed by atoms with Gasteiger partial charge in [-0.1, -0.05) is 11.6 Å². The summed E-state index contributed by atoms with van der Waals surface area (Å²) in [4.78, 5) is 16.3. The molecule has 1 aliphatic rings. The Labute approximate surface area is 166 Å². The van der Waals surface area contributed by atoms with Gasteiger partial charge in [0.25, 0.3) is 0 Å². The lowest BCUT2D eigenvalue weighted by Gasteiger charge is -2.23. The average molecular weight is 404 g/mol. The maximum atomic E-state index is 14.9. The molecule has 28 heavy (non-hydrogen) atoms. The number of hydrogen-bond acceptors (Lipinski definition) is 5. The summed E-state index contributed by atoms with van der Waals surface area (Å²) in [6, 6.07) is 7.74. The van der Waals surface area contributed by atoms with Crippen LogP contribution in [0, 0.1) is 5.82 Å². The number of aromatic nitrogens is 2. The molecule has 146 valence electrons.